The van der Waals surface area contributed by atoms with E-state index in [1.165, 1.54) is 31.2 Å². The van der Waals surface area contributed by atoms with Crippen LogP contribution in [0.3, 0.4) is 0 Å². The second-order valence-electron chi connectivity index (χ2n) is 6.12. The molecule has 1 aliphatic carbocycles. The molecule has 0 atom stereocenters. The highest BCUT2D eigenvalue weighted by Gasteiger charge is 2.23. The number of ether oxygens (including phenoxy) is 1. The van der Waals surface area contributed by atoms with E-state index < -0.39 is 0 Å². The van der Waals surface area contributed by atoms with Gasteiger partial charge in [0.05, 0.1) is 6.61 Å². The summed E-state index contributed by atoms with van der Waals surface area (Å²) < 4.78 is 5.64. The van der Waals surface area contributed by atoms with E-state index in [2.05, 4.69) is 43.0 Å². The topological polar surface area (TPSA) is 38.5 Å². The van der Waals surface area contributed by atoms with Gasteiger partial charge in [0.15, 0.2) is 0 Å². The van der Waals surface area contributed by atoms with Crippen molar-refractivity contribution in [1.82, 2.24) is 4.90 Å². The van der Waals surface area contributed by atoms with E-state index in [4.69, 9.17) is 10.5 Å². The molecule has 1 fully saturated rings. The molecular weight excluding hydrogens is 260 g/mol. The molecule has 3 nitrogen and oxygen atoms in total. The van der Waals surface area contributed by atoms with Gasteiger partial charge in [-0.25, -0.2) is 0 Å². The van der Waals surface area contributed by atoms with Crippen molar-refractivity contribution in [2.45, 2.75) is 64.6 Å². The highest BCUT2D eigenvalue weighted by Crippen LogP contribution is 2.24. The summed E-state index contributed by atoms with van der Waals surface area (Å²) in [7, 11) is 0. The van der Waals surface area contributed by atoms with Crippen LogP contribution in [-0.4, -0.2) is 30.1 Å². The van der Waals surface area contributed by atoms with E-state index in [0.29, 0.717) is 12.1 Å². The Kier molecular flexibility index (Phi) is 6.52. The van der Waals surface area contributed by atoms with Gasteiger partial charge in [-0.3, -0.25) is 4.90 Å². The Hall–Kier alpha value is -1.06. The van der Waals surface area contributed by atoms with E-state index in [1.807, 2.05) is 0 Å². The van der Waals surface area contributed by atoms with Crippen LogP contribution in [-0.2, 0) is 6.54 Å². The number of hydrogen-bond donors (Lipinski definition) is 1. The molecule has 1 aliphatic rings. The van der Waals surface area contributed by atoms with Crippen molar-refractivity contribution in [3.8, 4) is 5.75 Å². The van der Waals surface area contributed by atoms with Crippen molar-refractivity contribution in [1.29, 1.82) is 0 Å². The molecule has 21 heavy (non-hydrogen) atoms. The Morgan fingerprint density at radius 2 is 1.76 bits per heavy atom. The van der Waals surface area contributed by atoms with Crippen LogP contribution in [0.2, 0.25) is 0 Å². The van der Waals surface area contributed by atoms with Crippen LogP contribution < -0.4 is 10.5 Å². The number of rotatable bonds is 7. The molecule has 3 heteroatoms. The van der Waals surface area contributed by atoms with Gasteiger partial charge in [-0.05, 0) is 56.3 Å². The molecule has 0 unspecified atom stereocenters. The SMILES string of the molecule is CCCOc1ccc(CN(CC)C2CCC(N)CC2)cc1. The molecule has 0 radical (unpaired) electrons. The maximum atomic E-state index is 6.02. The minimum atomic E-state index is 0.426. The average molecular weight is 290 g/mol. The van der Waals surface area contributed by atoms with E-state index >= 15 is 0 Å². The first-order valence-corrected chi connectivity index (χ1v) is 8.44. The van der Waals surface area contributed by atoms with Gasteiger partial charge < -0.3 is 10.5 Å². The Morgan fingerprint density at radius 3 is 2.33 bits per heavy atom. The third kappa shape index (κ3) is 5.01. The van der Waals surface area contributed by atoms with Crippen LogP contribution in [0.4, 0.5) is 0 Å². The summed E-state index contributed by atoms with van der Waals surface area (Å²) in [4.78, 5) is 2.59. The van der Waals surface area contributed by atoms with Gasteiger partial charge in [-0.15, -0.1) is 0 Å². The van der Waals surface area contributed by atoms with Crippen molar-refractivity contribution in [3.05, 3.63) is 29.8 Å². The van der Waals surface area contributed by atoms with Crippen molar-refractivity contribution in [2.75, 3.05) is 13.2 Å². The molecule has 1 aromatic carbocycles. The lowest BCUT2D eigenvalue weighted by molar-refractivity contribution is 0.149. The highest BCUT2D eigenvalue weighted by atomic mass is 16.5. The molecule has 0 amide bonds. The molecule has 0 bridgehead atoms. The van der Waals surface area contributed by atoms with Gasteiger partial charge in [0.25, 0.3) is 0 Å². The molecule has 1 saturated carbocycles. The van der Waals surface area contributed by atoms with E-state index in [9.17, 15) is 0 Å². The summed E-state index contributed by atoms with van der Waals surface area (Å²) in [5.74, 6) is 0.979. The Morgan fingerprint density at radius 1 is 1.10 bits per heavy atom. The van der Waals surface area contributed by atoms with Crippen molar-refractivity contribution < 1.29 is 4.74 Å². The molecular formula is C18H30N2O. The fourth-order valence-electron chi connectivity index (χ4n) is 3.11. The van der Waals surface area contributed by atoms with Gasteiger partial charge in [0, 0.05) is 18.6 Å². The summed E-state index contributed by atoms with van der Waals surface area (Å²) in [6, 6.07) is 9.70. The van der Waals surface area contributed by atoms with Crippen LogP contribution in [0.5, 0.6) is 5.75 Å². The fourth-order valence-corrected chi connectivity index (χ4v) is 3.11. The number of benzene rings is 1. The Labute approximate surface area is 129 Å². The summed E-state index contributed by atoms with van der Waals surface area (Å²) in [6.07, 6.45) is 5.88. The molecule has 2 rings (SSSR count). The lowest BCUT2D eigenvalue weighted by Crippen LogP contribution is -2.40. The monoisotopic (exact) mass is 290 g/mol. The van der Waals surface area contributed by atoms with Gasteiger partial charge >= 0.3 is 0 Å². The molecule has 0 heterocycles. The van der Waals surface area contributed by atoms with Crippen LogP contribution >= 0.6 is 0 Å². The van der Waals surface area contributed by atoms with Crippen LogP contribution in [0.15, 0.2) is 24.3 Å². The predicted octanol–water partition coefficient (Wildman–Crippen LogP) is 3.57. The first-order chi connectivity index (χ1) is 10.2. The van der Waals surface area contributed by atoms with Crippen LogP contribution in [0, 0.1) is 0 Å². The zero-order chi connectivity index (χ0) is 15.1. The molecule has 2 N–H and O–H groups in total. The van der Waals surface area contributed by atoms with Gasteiger partial charge in [0.1, 0.15) is 5.75 Å². The van der Waals surface area contributed by atoms with E-state index in [0.717, 1.165) is 31.9 Å². The first kappa shape index (κ1) is 16.3. The third-order valence-electron chi connectivity index (χ3n) is 4.45. The smallest absolute Gasteiger partial charge is 0.119 e. The van der Waals surface area contributed by atoms with E-state index in [-0.39, 0.29) is 0 Å². The quantitative estimate of drug-likeness (QED) is 0.834. The Bertz CT molecular complexity index is 396. The maximum Gasteiger partial charge on any atom is 0.119 e. The summed E-state index contributed by atoms with van der Waals surface area (Å²) >= 11 is 0. The molecule has 0 aliphatic heterocycles. The maximum absolute atomic E-state index is 6.02. The van der Waals surface area contributed by atoms with Crippen molar-refractivity contribution in [2.24, 2.45) is 5.73 Å². The number of nitrogens with two attached hydrogens (primary N) is 1. The highest BCUT2D eigenvalue weighted by molar-refractivity contribution is 5.27. The zero-order valence-electron chi connectivity index (χ0n) is 13.6. The molecule has 0 spiro atoms. The van der Waals surface area contributed by atoms with Crippen molar-refractivity contribution in [3.63, 3.8) is 0 Å². The summed E-state index contributed by atoms with van der Waals surface area (Å²) in [5, 5.41) is 0. The van der Waals surface area contributed by atoms with Gasteiger partial charge in [0.2, 0.25) is 0 Å². The van der Waals surface area contributed by atoms with Crippen LogP contribution in [0.1, 0.15) is 51.5 Å². The summed E-state index contributed by atoms with van der Waals surface area (Å²) in [6.45, 7) is 7.32. The number of nitrogens with zero attached hydrogens (tertiary/aromatic N) is 1. The second-order valence-corrected chi connectivity index (χ2v) is 6.12. The molecule has 0 saturated heterocycles. The normalized spacial score (nSPS) is 22.5. The zero-order valence-corrected chi connectivity index (χ0v) is 13.6. The first-order valence-electron chi connectivity index (χ1n) is 8.44. The fraction of sp³-hybridized carbons (Fsp3) is 0.667. The van der Waals surface area contributed by atoms with Gasteiger partial charge in [-0.1, -0.05) is 26.0 Å². The number of hydrogen-bond acceptors (Lipinski definition) is 3. The predicted molar refractivity (Wildman–Crippen MR) is 88.5 cm³/mol. The Balaban J connectivity index is 1.89. The van der Waals surface area contributed by atoms with E-state index in [1.54, 1.807) is 0 Å². The molecule has 0 aromatic heterocycles. The standard InChI is InChI=1S/C18H30N2O/c1-3-13-21-18-11-5-15(6-12-18)14-20(4-2)17-9-7-16(19)8-10-17/h5-6,11-12,16-17H,3-4,7-10,13-14,19H2,1-2H3. The summed E-state index contributed by atoms with van der Waals surface area (Å²) in [5.41, 5.74) is 7.39. The molecule has 1 aromatic rings. The minimum absolute atomic E-state index is 0.426. The average Bonchev–Trinajstić information content (AvgIpc) is 2.53. The van der Waals surface area contributed by atoms with Crippen LogP contribution in [0.25, 0.3) is 0 Å². The largest absolute Gasteiger partial charge is 0.494 e. The lowest BCUT2D eigenvalue weighted by atomic mass is 9.90. The third-order valence-corrected chi connectivity index (χ3v) is 4.45. The molecule has 118 valence electrons. The minimum Gasteiger partial charge on any atom is -0.494 e. The van der Waals surface area contributed by atoms with Crippen molar-refractivity contribution >= 4 is 0 Å². The van der Waals surface area contributed by atoms with Gasteiger partial charge in [-0.2, -0.15) is 0 Å². The lowest BCUT2D eigenvalue weighted by Gasteiger charge is -2.35. The second kappa shape index (κ2) is 8.40.